The van der Waals surface area contributed by atoms with Gasteiger partial charge in [-0.05, 0) is 0 Å². The van der Waals surface area contributed by atoms with Crippen LogP contribution in [0, 0.1) is 0 Å². The molecule has 0 bridgehead atoms. The molecule has 0 aliphatic carbocycles. The Labute approximate surface area is 65.3 Å². The predicted molar refractivity (Wildman–Crippen MR) is 32.4 cm³/mol. The van der Waals surface area contributed by atoms with Crippen LogP contribution in [0.3, 0.4) is 0 Å². The summed E-state index contributed by atoms with van der Waals surface area (Å²) in [4.78, 5) is 17.0. The Hall–Kier alpha value is -1.46. The van der Waals surface area contributed by atoms with Gasteiger partial charge >= 0.3 is 6.18 Å². The largest absolute Gasteiger partial charge is 0.456 e. The Morgan fingerprint density at radius 3 is 2.42 bits per heavy atom. The lowest BCUT2D eigenvalue weighted by Crippen LogP contribution is -2.23. The van der Waals surface area contributed by atoms with Crippen molar-refractivity contribution < 1.29 is 18.0 Å². The molecule has 0 fully saturated rings. The first-order valence-electron chi connectivity index (χ1n) is 2.89. The van der Waals surface area contributed by atoms with E-state index in [4.69, 9.17) is 0 Å². The lowest BCUT2D eigenvalue weighted by atomic mass is 10.3. The fourth-order valence-electron chi connectivity index (χ4n) is 0.562. The monoisotopic (exact) mass is 176 g/mol. The lowest BCUT2D eigenvalue weighted by Gasteiger charge is -2.02. The van der Waals surface area contributed by atoms with E-state index in [2.05, 4.69) is 9.97 Å². The van der Waals surface area contributed by atoms with Crippen molar-refractivity contribution in [2.24, 2.45) is 0 Å². The highest BCUT2D eigenvalue weighted by atomic mass is 19.4. The first-order valence-corrected chi connectivity index (χ1v) is 2.89. The van der Waals surface area contributed by atoms with Gasteiger partial charge < -0.3 is 0 Å². The van der Waals surface area contributed by atoms with Gasteiger partial charge in [-0.15, -0.1) is 0 Å². The summed E-state index contributed by atoms with van der Waals surface area (Å²) in [5.74, 6) is -1.98. The van der Waals surface area contributed by atoms with Crippen LogP contribution >= 0.6 is 0 Å². The Balaban J connectivity index is 2.94. The number of hydrogen-bond donors (Lipinski definition) is 0. The number of alkyl halides is 3. The Bertz CT molecular complexity index is 283. The molecule has 0 atom stereocenters. The average molecular weight is 176 g/mol. The van der Waals surface area contributed by atoms with Gasteiger partial charge in [0.15, 0.2) is 0 Å². The van der Waals surface area contributed by atoms with Gasteiger partial charge in [0.25, 0.3) is 5.78 Å². The molecule has 1 rings (SSSR count). The summed E-state index contributed by atoms with van der Waals surface area (Å²) in [5, 5.41) is 0. The first kappa shape index (κ1) is 8.63. The molecule has 1 aromatic heterocycles. The summed E-state index contributed by atoms with van der Waals surface area (Å²) >= 11 is 0. The third kappa shape index (κ3) is 1.77. The molecule has 1 aromatic rings. The number of Topliss-reactive ketones (excluding diaryl/α,β-unsaturated/α-hetero) is 1. The van der Waals surface area contributed by atoms with Gasteiger partial charge in [-0.3, -0.25) is 9.78 Å². The van der Waals surface area contributed by atoms with Crippen molar-refractivity contribution in [3.8, 4) is 0 Å². The standard InChI is InChI=1S/C6H3F3N2O/c7-6(8,9)5(12)4-3-10-1-2-11-4/h1-3H. The molecule has 6 heteroatoms. The smallest absolute Gasteiger partial charge is 0.282 e. The van der Waals surface area contributed by atoms with Crippen LogP contribution in [0.25, 0.3) is 0 Å². The van der Waals surface area contributed by atoms with Crippen LogP contribution in [-0.2, 0) is 0 Å². The minimum absolute atomic E-state index is 0.690. The van der Waals surface area contributed by atoms with Crippen LogP contribution in [-0.4, -0.2) is 21.9 Å². The van der Waals surface area contributed by atoms with Gasteiger partial charge in [0, 0.05) is 12.4 Å². The summed E-state index contributed by atoms with van der Waals surface area (Å²) in [6.45, 7) is 0. The van der Waals surface area contributed by atoms with E-state index >= 15 is 0 Å². The van der Waals surface area contributed by atoms with Gasteiger partial charge in [-0.1, -0.05) is 0 Å². The van der Waals surface area contributed by atoms with Crippen LogP contribution in [0.15, 0.2) is 18.6 Å². The third-order valence-electron chi connectivity index (χ3n) is 1.05. The van der Waals surface area contributed by atoms with Crippen molar-refractivity contribution in [2.45, 2.75) is 6.18 Å². The predicted octanol–water partition coefficient (Wildman–Crippen LogP) is 1.22. The SMILES string of the molecule is O=C(c1cnccn1)C(F)(F)F. The van der Waals surface area contributed by atoms with Crippen molar-refractivity contribution in [1.82, 2.24) is 9.97 Å². The highest BCUT2D eigenvalue weighted by Gasteiger charge is 2.40. The molecule has 0 amide bonds. The topological polar surface area (TPSA) is 42.9 Å². The van der Waals surface area contributed by atoms with Crippen molar-refractivity contribution in [3.05, 3.63) is 24.3 Å². The molecule has 64 valence electrons. The second-order valence-electron chi connectivity index (χ2n) is 1.92. The highest BCUT2D eigenvalue weighted by Crippen LogP contribution is 2.19. The maximum Gasteiger partial charge on any atom is 0.456 e. The zero-order valence-electron chi connectivity index (χ0n) is 5.67. The van der Waals surface area contributed by atoms with E-state index < -0.39 is 17.7 Å². The minimum Gasteiger partial charge on any atom is -0.282 e. The molecular formula is C6H3F3N2O. The minimum atomic E-state index is -4.88. The molecule has 0 unspecified atom stereocenters. The molecule has 0 N–H and O–H groups in total. The number of carbonyl (C=O) groups is 1. The van der Waals surface area contributed by atoms with Crippen molar-refractivity contribution in [2.75, 3.05) is 0 Å². The molecule has 12 heavy (non-hydrogen) atoms. The number of hydrogen-bond acceptors (Lipinski definition) is 3. The molecule has 0 radical (unpaired) electrons. The molecule has 0 aliphatic rings. The van der Waals surface area contributed by atoms with Gasteiger partial charge in [0.05, 0.1) is 6.20 Å². The molecular weight excluding hydrogens is 173 g/mol. The Morgan fingerprint density at radius 2 is 2.00 bits per heavy atom. The van der Waals surface area contributed by atoms with Crippen LogP contribution in [0.2, 0.25) is 0 Å². The number of nitrogens with zero attached hydrogens (tertiary/aromatic N) is 2. The van der Waals surface area contributed by atoms with Crippen LogP contribution in [0.5, 0.6) is 0 Å². The normalized spacial score (nSPS) is 11.2. The van der Waals surface area contributed by atoms with Gasteiger partial charge in [-0.2, -0.15) is 13.2 Å². The summed E-state index contributed by atoms with van der Waals surface area (Å²) < 4.78 is 35.2. The summed E-state index contributed by atoms with van der Waals surface area (Å²) in [5.41, 5.74) is -0.690. The number of carbonyl (C=O) groups excluding carboxylic acids is 1. The highest BCUT2D eigenvalue weighted by molar-refractivity contribution is 5.98. The van der Waals surface area contributed by atoms with E-state index in [-0.39, 0.29) is 0 Å². The van der Waals surface area contributed by atoms with Crippen molar-refractivity contribution in [3.63, 3.8) is 0 Å². The fourth-order valence-corrected chi connectivity index (χ4v) is 0.562. The summed E-state index contributed by atoms with van der Waals surface area (Å²) in [7, 11) is 0. The van der Waals surface area contributed by atoms with Crippen LogP contribution < -0.4 is 0 Å². The maximum atomic E-state index is 11.7. The number of aromatic nitrogens is 2. The second kappa shape index (κ2) is 2.88. The maximum absolute atomic E-state index is 11.7. The molecule has 0 aromatic carbocycles. The lowest BCUT2D eigenvalue weighted by molar-refractivity contribution is -0.0888. The molecule has 0 aliphatic heterocycles. The van der Waals surface area contributed by atoms with Crippen LogP contribution in [0.4, 0.5) is 13.2 Å². The second-order valence-corrected chi connectivity index (χ2v) is 1.92. The van der Waals surface area contributed by atoms with Crippen LogP contribution in [0.1, 0.15) is 10.5 Å². The number of ketones is 1. The molecule has 1 heterocycles. The average Bonchev–Trinajstić information content (AvgIpc) is 2.03. The van der Waals surface area contributed by atoms with E-state index in [1.54, 1.807) is 0 Å². The number of halogens is 3. The number of rotatable bonds is 1. The van der Waals surface area contributed by atoms with Gasteiger partial charge in [-0.25, -0.2) is 4.98 Å². The van der Waals surface area contributed by atoms with Crippen molar-refractivity contribution in [1.29, 1.82) is 0 Å². The quantitative estimate of drug-likeness (QED) is 0.604. The summed E-state index contributed by atoms with van der Waals surface area (Å²) in [6, 6.07) is 0. The molecule has 0 saturated heterocycles. The van der Waals surface area contributed by atoms with E-state index in [1.165, 1.54) is 6.20 Å². The fraction of sp³-hybridized carbons (Fsp3) is 0.167. The summed E-state index contributed by atoms with van der Waals surface area (Å²) in [6.07, 6.45) is -1.89. The molecule has 0 spiro atoms. The van der Waals surface area contributed by atoms with Crippen molar-refractivity contribution >= 4 is 5.78 Å². The first-order chi connectivity index (χ1) is 5.52. The van der Waals surface area contributed by atoms with E-state index in [1.807, 2.05) is 0 Å². The Morgan fingerprint density at radius 1 is 1.33 bits per heavy atom. The molecule has 3 nitrogen and oxygen atoms in total. The Kier molecular flexibility index (Phi) is 2.07. The van der Waals surface area contributed by atoms with E-state index in [0.717, 1.165) is 12.4 Å². The zero-order chi connectivity index (χ0) is 9.19. The van der Waals surface area contributed by atoms with Gasteiger partial charge in [0.2, 0.25) is 0 Å². The third-order valence-corrected chi connectivity index (χ3v) is 1.05. The molecule has 0 saturated carbocycles. The van der Waals surface area contributed by atoms with Gasteiger partial charge in [0.1, 0.15) is 5.69 Å². The zero-order valence-corrected chi connectivity index (χ0v) is 5.67. The van der Waals surface area contributed by atoms with E-state index in [9.17, 15) is 18.0 Å². The van der Waals surface area contributed by atoms with E-state index in [0.29, 0.717) is 0 Å².